The van der Waals surface area contributed by atoms with Gasteiger partial charge in [-0.2, -0.15) is 0 Å². The molecule has 0 radical (unpaired) electrons. The first-order valence-corrected chi connectivity index (χ1v) is 10.3. The van der Waals surface area contributed by atoms with Crippen LogP contribution in [0.3, 0.4) is 0 Å². The molecule has 0 aliphatic rings. The Kier molecular flexibility index (Phi) is 7.65. The average Bonchev–Trinajstić information content (AvgIpc) is 2.61. The van der Waals surface area contributed by atoms with Crippen molar-refractivity contribution in [1.82, 2.24) is 10.2 Å². The Morgan fingerprint density at radius 3 is 2.20 bits per heavy atom. The van der Waals surface area contributed by atoms with Gasteiger partial charge in [-0.15, -0.1) is 0 Å². The molecule has 0 saturated carbocycles. The van der Waals surface area contributed by atoms with Crippen LogP contribution >= 0.6 is 0 Å². The van der Waals surface area contributed by atoms with E-state index in [1.165, 1.54) is 0 Å². The molecule has 1 atom stereocenters. The fourth-order valence-electron chi connectivity index (χ4n) is 3.31. The molecule has 162 valence electrons. The molecule has 1 unspecified atom stereocenters. The molecular weight excluding hydrogens is 376 g/mol. The van der Waals surface area contributed by atoms with E-state index in [9.17, 15) is 9.59 Å². The summed E-state index contributed by atoms with van der Waals surface area (Å²) in [5.74, 6) is 0.241. The smallest absolute Gasteiger partial charge is 0.261 e. The van der Waals surface area contributed by atoms with Crippen LogP contribution in [0.2, 0.25) is 0 Å². The van der Waals surface area contributed by atoms with E-state index in [0.29, 0.717) is 12.3 Å². The van der Waals surface area contributed by atoms with Gasteiger partial charge in [-0.3, -0.25) is 9.59 Å². The van der Waals surface area contributed by atoms with Crippen LogP contribution in [0.15, 0.2) is 42.5 Å². The van der Waals surface area contributed by atoms with Gasteiger partial charge in [-0.1, -0.05) is 35.9 Å². The average molecular weight is 411 g/mol. The quantitative estimate of drug-likeness (QED) is 0.739. The molecule has 2 aromatic rings. The van der Waals surface area contributed by atoms with Crippen LogP contribution in [0.25, 0.3) is 0 Å². The van der Waals surface area contributed by atoms with Gasteiger partial charge in [0.2, 0.25) is 5.91 Å². The van der Waals surface area contributed by atoms with Crippen LogP contribution in [-0.2, 0) is 16.1 Å². The van der Waals surface area contributed by atoms with Crippen LogP contribution in [-0.4, -0.2) is 34.9 Å². The molecule has 0 aliphatic heterocycles. The number of carbonyl (C=O) groups excluding carboxylic acids is 2. The fourth-order valence-corrected chi connectivity index (χ4v) is 3.31. The molecule has 5 heteroatoms. The predicted molar refractivity (Wildman–Crippen MR) is 120 cm³/mol. The Morgan fingerprint density at radius 2 is 1.63 bits per heavy atom. The van der Waals surface area contributed by atoms with Crippen molar-refractivity contribution in [2.75, 3.05) is 6.61 Å². The zero-order valence-corrected chi connectivity index (χ0v) is 19.2. The van der Waals surface area contributed by atoms with E-state index in [1.54, 1.807) is 11.8 Å². The highest BCUT2D eigenvalue weighted by atomic mass is 16.5. The topological polar surface area (TPSA) is 58.6 Å². The highest BCUT2D eigenvalue weighted by Crippen LogP contribution is 2.17. The lowest BCUT2D eigenvalue weighted by Crippen LogP contribution is -2.53. The van der Waals surface area contributed by atoms with Gasteiger partial charge < -0.3 is 15.0 Å². The summed E-state index contributed by atoms with van der Waals surface area (Å²) in [6, 6.07) is 13.2. The lowest BCUT2D eigenvalue weighted by Gasteiger charge is -2.31. The molecule has 0 aliphatic carbocycles. The van der Waals surface area contributed by atoms with Crippen molar-refractivity contribution in [3.63, 3.8) is 0 Å². The van der Waals surface area contributed by atoms with E-state index in [-0.39, 0.29) is 24.0 Å². The van der Waals surface area contributed by atoms with Crippen LogP contribution in [0.5, 0.6) is 5.75 Å². The predicted octanol–water partition coefficient (Wildman–Crippen LogP) is 4.32. The van der Waals surface area contributed by atoms with Gasteiger partial charge in [0.15, 0.2) is 6.61 Å². The van der Waals surface area contributed by atoms with Gasteiger partial charge in [-0.25, -0.2) is 0 Å². The maximum atomic E-state index is 13.1. The van der Waals surface area contributed by atoms with E-state index in [2.05, 4.69) is 11.4 Å². The number of carbonyl (C=O) groups is 2. The van der Waals surface area contributed by atoms with Gasteiger partial charge in [0.05, 0.1) is 0 Å². The van der Waals surface area contributed by atoms with Crippen molar-refractivity contribution < 1.29 is 14.3 Å². The van der Waals surface area contributed by atoms with Crippen LogP contribution in [0.1, 0.15) is 49.9 Å². The summed E-state index contributed by atoms with van der Waals surface area (Å²) in [6.07, 6.45) is 0. The molecule has 0 heterocycles. The third kappa shape index (κ3) is 7.21. The van der Waals surface area contributed by atoms with Crippen molar-refractivity contribution in [2.45, 2.75) is 66.6 Å². The van der Waals surface area contributed by atoms with E-state index < -0.39 is 6.04 Å². The maximum absolute atomic E-state index is 13.1. The highest BCUT2D eigenvalue weighted by Gasteiger charge is 2.28. The van der Waals surface area contributed by atoms with Crippen LogP contribution < -0.4 is 10.1 Å². The number of benzene rings is 2. The number of aryl methyl sites for hydroxylation is 3. The molecule has 1 N–H and O–H groups in total. The summed E-state index contributed by atoms with van der Waals surface area (Å²) in [6.45, 7) is 13.7. The fraction of sp³-hybridized carbons (Fsp3) is 0.440. The van der Waals surface area contributed by atoms with E-state index in [4.69, 9.17) is 4.74 Å². The Hall–Kier alpha value is -2.82. The minimum atomic E-state index is -0.625. The summed E-state index contributed by atoms with van der Waals surface area (Å²) < 4.78 is 5.78. The second kappa shape index (κ2) is 9.79. The lowest BCUT2D eigenvalue weighted by atomic mass is 10.1. The van der Waals surface area contributed by atoms with Crippen LogP contribution in [0.4, 0.5) is 0 Å². The minimum absolute atomic E-state index is 0.123. The monoisotopic (exact) mass is 410 g/mol. The Labute approximate surface area is 180 Å². The van der Waals surface area contributed by atoms with E-state index in [0.717, 1.165) is 22.3 Å². The number of hydrogen-bond donors (Lipinski definition) is 1. The Balaban J connectivity index is 2.20. The molecule has 2 amide bonds. The zero-order valence-electron chi connectivity index (χ0n) is 19.2. The van der Waals surface area contributed by atoms with E-state index in [1.807, 2.05) is 77.9 Å². The number of hydrogen-bond acceptors (Lipinski definition) is 3. The minimum Gasteiger partial charge on any atom is -0.484 e. The van der Waals surface area contributed by atoms with Crippen molar-refractivity contribution >= 4 is 11.8 Å². The first-order valence-electron chi connectivity index (χ1n) is 10.3. The van der Waals surface area contributed by atoms with Gasteiger partial charge in [-0.05, 0) is 77.3 Å². The third-order valence-electron chi connectivity index (χ3n) is 4.66. The molecule has 2 aromatic carbocycles. The number of nitrogens with one attached hydrogen (secondary N) is 1. The van der Waals surface area contributed by atoms with Gasteiger partial charge in [0.25, 0.3) is 5.91 Å². The molecule has 5 nitrogen and oxygen atoms in total. The second-order valence-corrected chi connectivity index (χ2v) is 9.04. The molecule has 0 saturated heterocycles. The third-order valence-corrected chi connectivity index (χ3v) is 4.66. The highest BCUT2D eigenvalue weighted by molar-refractivity contribution is 5.88. The molecule has 0 aromatic heterocycles. The summed E-state index contributed by atoms with van der Waals surface area (Å²) in [4.78, 5) is 27.5. The Bertz CT molecular complexity index is 879. The van der Waals surface area contributed by atoms with Crippen molar-refractivity contribution in [3.05, 3.63) is 64.7 Å². The number of nitrogens with zero attached hydrogens (tertiary/aromatic N) is 1. The molecular formula is C25H34N2O3. The molecule has 2 rings (SSSR count). The van der Waals surface area contributed by atoms with Gasteiger partial charge >= 0.3 is 0 Å². The SMILES string of the molecule is Cc1cccc(CN(C(=O)COc2cc(C)cc(C)c2)C(C)C(=O)NC(C)(C)C)c1. The van der Waals surface area contributed by atoms with Gasteiger partial charge in [0, 0.05) is 12.1 Å². The van der Waals surface area contributed by atoms with E-state index >= 15 is 0 Å². The van der Waals surface area contributed by atoms with Gasteiger partial charge in [0.1, 0.15) is 11.8 Å². The first kappa shape index (κ1) is 23.5. The number of rotatable bonds is 7. The normalized spacial score (nSPS) is 12.2. The molecule has 0 fully saturated rings. The first-order chi connectivity index (χ1) is 13.9. The van der Waals surface area contributed by atoms with Crippen molar-refractivity contribution in [1.29, 1.82) is 0 Å². The molecule has 30 heavy (non-hydrogen) atoms. The molecule has 0 spiro atoms. The van der Waals surface area contributed by atoms with Crippen LogP contribution in [0, 0.1) is 20.8 Å². The summed E-state index contributed by atoms with van der Waals surface area (Å²) in [5.41, 5.74) is 3.86. The van der Waals surface area contributed by atoms with Crippen molar-refractivity contribution in [3.8, 4) is 5.75 Å². The summed E-state index contributed by atoms with van der Waals surface area (Å²) in [5, 5.41) is 2.97. The zero-order chi connectivity index (χ0) is 22.5. The number of ether oxygens (including phenoxy) is 1. The number of amides is 2. The Morgan fingerprint density at radius 1 is 1.00 bits per heavy atom. The summed E-state index contributed by atoms with van der Waals surface area (Å²) in [7, 11) is 0. The van der Waals surface area contributed by atoms with Crippen molar-refractivity contribution in [2.24, 2.45) is 0 Å². The lowest BCUT2D eigenvalue weighted by molar-refractivity contribution is -0.142. The maximum Gasteiger partial charge on any atom is 0.261 e. The summed E-state index contributed by atoms with van der Waals surface area (Å²) >= 11 is 0. The second-order valence-electron chi connectivity index (χ2n) is 9.04. The standard InChI is InChI=1S/C25H34N2O3/c1-17-9-8-10-21(12-17)15-27(20(4)24(29)26-25(5,6)7)23(28)16-30-22-13-18(2)11-19(3)14-22/h8-14,20H,15-16H2,1-7H3,(H,26,29). The largest absolute Gasteiger partial charge is 0.484 e. The molecule has 0 bridgehead atoms.